The molecule has 1 fully saturated rings. The van der Waals surface area contributed by atoms with Crippen LogP contribution < -0.4 is 4.65 Å². The molecule has 1 aliphatic heterocycles. The molecule has 13 heavy (non-hydrogen) atoms. The fourth-order valence-electron chi connectivity index (χ4n) is 1.24. The Morgan fingerprint density at radius 2 is 2.38 bits per heavy atom. The minimum Gasteiger partial charge on any atom is -0.538 e. The lowest BCUT2D eigenvalue weighted by molar-refractivity contribution is 0.00824. The zero-order valence-corrected chi connectivity index (χ0v) is 7.14. The maximum Gasteiger partial charge on any atom is 0.504 e. The van der Waals surface area contributed by atoms with Gasteiger partial charge in [0.05, 0.1) is 19.4 Å². The molecule has 0 aliphatic carbocycles. The molecule has 68 valence electrons. The first kappa shape index (κ1) is 8.53. The molecule has 0 saturated carbocycles. The molecule has 1 aromatic rings. The first-order valence-electron chi connectivity index (χ1n) is 4.16. The standard InChI is InChI=1S/C8H10BNO3/c11-9-13-8-1-6(2-10-3-8)7-4-12-5-7/h1-3,7,9,11H,4-5H2. The number of hydrogen-bond donors (Lipinski definition) is 1. The minimum absolute atomic E-state index is 0.313. The van der Waals surface area contributed by atoms with E-state index in [4.69, 9.17) is 14.4 Å². The summed E-state index contributed by atoms with van der Waals surface area (Å²) >= 11 is 0. The van der Waals surface area contributed by atoms with Crippen LogP contribution in [-0.2, 0) is 4.74 Å². The first-order valence-corrected chi connectivity index (χ1v) is 4.16. The zero-order valence-electron chi connectivity index (χ0n) is 7.14. The van der Waals surface area contributed by atoms with E-state index in [0.717, 1.165) is 18.8 Å². The van der Waals surface area contributed by atoms with Gasteiger partial charge in [-0.1, -0.05) is 0 Å². The maximum atomic E-state index is 8.55. The van der Waals surface area contributed by atoms with Crippen LogP contribution in [0.3, 0.4) is 0 Å². The molecule has 4 nitrogen and oxygen atoms in total. The summed E-state index contributed by atoms with van der Waals surface area (Å²) in [7, 11) is -0.313. The van der Waals surface area contributed by atoms with Crippen molar-refractivity contribution in [2.75, 3.05) is 13.2 Å². The van der Waals surface area contributed by atoms with Crippen LogP contribution in [0.15, 0.2) is 18.5 Å². The topological polar surface area (TPSA) is 51.6 Å². The highest BCUT2D eigenvalue weighted by Gasteiger charge is 2.20. The van der Waals surface area contributed by atoms with Crippen LogP contribution in [0.5, 0.6) is 5.75 Å². The number of aromatic nitrogens is 1. The predicted molar refractivity (Wildman–Crippen MR) is 47.8 cm³/mol. The molecular formula is C8H10BNO3. The highest BCUT2D eigenvalue weighted by Crippen LogP contribution is 2.25. The molecule has 1 aliphatic rings. The second kappa shape index (κ2) is 3.76. The Morgan fingerprint density at radius 1 is 1.54 bits per heavy atom. The quantitative estimate of drug-likeness (QED) is 0.654. The molecule has 0 aromatic carbocycles. The van der Waals surface area contributed by atoms with Crippen molar-refractivity contribution in [1.82, 2.24) is 4.98 Å². The molecule has 0 amide bonds. The highest BCUT2D eigenvalue weighted by atomic mass is 16.5. The van der Waals surface area contributed by atoms with Gasteiger partial charge in [-0.15, -0.1) is 0 Å². The SMILES string of the molecule is OBOc1cncc(C2COC2)c1. The number of ether oxygens (including phenoxy) is 1. The van der Waals surface area contributed by atoms with E-state index in [2.05, 4.69) is 4.98 Å². The summed E-state index contributed by atoms with van der Waals surface area (Å²) in [6.07, 6.45) is 3.39. The largest absolute Gasteiger partial charge is 0.538 e. The average Bonchev–Trinajstić information content (AvgIpc) is 2.02. The summed E-state index contributed by atoms with van der Waals surface area (Å²) in [4.78, 5) is 4.01. The lowest BCUT2D eigenvalue weighted by Crippen LogP contribution is -2.25. The van der Waals surface area contributed by atoms with Crippen LogP contribution in [0.25, 0.3) is 0 Å². The van der Waals surface area contributed by atoms with E-state index in [1.807, 2.05) is 6.07 Å². The van der Waals surface area contributed by atoms with Gasteiger partial charge in [-0.25, -0.2) is 0 Å². The average molecular weight is 179 g/mol. The van der Waals surface area contributed by atoms with E-state index in [9.17, 15) is 0 Å². The first-order chi connectivity index (χ1) is 6.40. The van der Waals surface area contributed by atoms with E-state index >= 15 is 0 Å². The van der Waals surface area contributed by atoms with Crippen molar-refractivity contribution in [3.05, 3.63) is 24.0 Å². The molecule has 5 heteroatoms. The lowest BCUT2D eigenvalue weighted by atomic mass is 9.99. The molecule has 0 bridgehead atoms. The Labute approximate surface area is 76.8 Å². The Hall–Kier alpha value is -1.07. The summed E-state index contributed by atoms with van der Waals surface area (Å²) in [6.45, 7) is 1.51. The number of nitrogens with zero attached hydrogens (tertiary/aromatic N) is 1. The smallest absolute Gasteiger partial charge is 0.504 e. The van der Waals surface area contributed by atoms with E-state index in [-0.39, 0.29) is 7.69 Å². The Balaban J connectivity index is 2.11. The van der Waals surface area contributed by atoms with E-state index in [1.165, 1.54) is 0 Å². The van der Waals surface area contributed by atoms with Gasteiger partial charge in [-0.3, -0.25) is 4.98 Å². The predicted octanol–water partition coefficient (Wildman–Crippen LogP) is -0.167. The van der Waals surface area contributed by atoms with Gasteiger partial charge in [-0.05, 0) is 11.6 Å². The van der Waals surface area contributed by atoms with Crippen LogP contribution in [-0.4, -0.2) is 30.9 Å². The van der Waals surface area contributed by atoms with E-state index < -0.39 is 0 Å². The van der Waals surface area contributed by atoms with E-state index in [0.29, 0.717) is 11.7 Å². The van der Waals surface area contributed by atoms with Crippen molar-refractivity contribution in [2.45, 2.75) is 5.92 Å². The Morgan fingerprint density at radius 3 is 3.00 bits per heavy atom. The normalized spacial score (nSPS) is 16.4. The van der Waals surface area contributed by atoms with Crippen molar-refractivity contribution in [3.63, 3.8) is 0 Å². The third-order valence-electron chi connectivity index (χ3n) is 2.08. The van der Waals surface area contributed by atoms with Crippen molar-refractivity contribution in [3.8, 4) is 5.75 Å². The lowest BCUT2D eigenvalue weighted by Gasteiger charge is -2.26. The fraction of sp³-hybridized carbons (Fsp3) is 0.375. The molecule has 0 radical (unpaired) electrons. The molecule has 0 atom stereocenters. The van der Waals surface area contributed by atoms with Gasteiger partial charge >= 0.3 is 7.69 Å². The van der Waals surface area contributed by atoms with Crippen molar-refractivity contribution < 1.29 is 14.4 Å². The maximum absolute atomic E-state index is 8.55. The monoisotopic (exact) mass is 179 g/mol. The summed E-state index contributed by atoms with van der Waals surface area (Å²) in [6, 6.07) is 1.89. The number of pyridine rings is 1. The number of rotatable bonds is 3. The van der Waals surface area contributed by atoms with Crippen LogP contribution in [0.4, 0.5) is 0 Å². The van der Waals surface area contributed by atoms with Gasteiger partial charge in [0, 0.05) is 12.1 Å². The van der Waals surface area contributed by atoms with Gasteiger partial charge in [-0.2, -0.15) is 0 Å². The van der Waals surface area contributed by atoms with E-state index in [1.54, 1.807) is 12.4 Å². The van der Waals surface area contributed by atoms with Crippen LogP contribution >= 0.6 is 0 Å². The molecule has 1 N–H and O–H groups in total. The summed E-state index contributed by atoms with van der Waals surface area (Å²) in [5, 5.41) is 8.55. The minimum atomic E-state index is -0.313. The van der Waals surface area contributed by atoms with Gasteiger partial charge < -0.3 is 14.4 Å². The van der Waals surface area contributed by atoms with Gasteiger partial charge in [0.1, 0.15) is 5.75 Å². The van der Waals surface area contributed by atoms with Crippen LogP contribution in [0.2, 0.25) is 0 Å². The van der Waals surface area contributed by atoms with Gasteiger partial charge in [0.2, 0.25) is 0 Å². The molecule has 2 rings (SSSR count). The summed E-state index contributed by atoms with van der Waals surface area (Å²) < 4.78 is 9.99. The highest BCUT2D eigenvalue weighted by molar-refractivity contribution is 6.17. The van der Waals surface area contributed by atoms with Crippen molar-refractivity contribution >= 4 is 7.69 Å². The fourth-order valence-corrected chi connectivity index (χ4v) is 1.24. The van der Waals surface area contributed by atoms with Crippen molar-refractivity contribution in [1.29, 1.82) is 0 Å². The summed E-state index contributed by atoms with van der Waals surface area (Å²) in [5.74, 6) is 1.04. The second-order valence-electron chi connectivity index (χ2n) is 2.96. The molecule has 1 aromatic heterocycles. The van der Waals surface area contributed by atoms with Gasteiger partial charge in [0.25, 0.3) is 0 Å². The molecule has 2 heterocycles. The third kappa shape index (κ3) is 1.81. The van der Waals surface area contributed by atoms with Crippen LogP contribution in [0.1, 0.15) is 11.5 Å². The molecule has 0 spiro atoms. The second-order valence-corrected chi connectivity index (χ2v) is 2.96. The Bertz CT molecular complexity index is 290. The number of hydrogen-bond acceptors (Lipinski definition) is 4. The molecular weight excluding hydrogens is 169 g/mol. The Kier molecular flexibility index (Phi) is 2.47. The molecule has 0 unspecified atom stereocenters. The zero-order chi connectivity index (χ0) is 9.10. The third-order valence-corrected chi connectivity index (χ3v) is 2.08. The van der Waals surface area contributed by atoms with Crippen molar-refractivity contribution in [2.24, 2.45) is 0 Å². The summed E-state index contributed by atoms with van der Waals surface area (Å²) in [5.41, 5.74) is 1.11. The molecule has 1 saturated heterocycles. The van der Waals surface area contributed by atoms with Crippen LogP contribution in [0, 0.1) is 0 Å². The van der Waals surface area contributed by atoms with Gasteiger partial charge in [0.15, 0.2) is 0 Å².